The highest BCUT2D eigenvalue weighted by Gasteiger charge is 2.41. The molecule has 14 nitrogen and oxygen atoms in total. The fourth-order valence-electron chi connectivity index (χ4n) is 6.34. The predicted octanol–water partition coefficient (Wildman–Crippen LogP) is 1.28. The standard InChI is InChI=1S/C32H37N3O8S2.O3S/c1-32(2)26-17-23(34(3)4)11-12-24(26)31(33-30(43-20-36)13-15-44(37,38)39)25-16-21-9-7-14-35(28(21)18-27(25)32)19-22-8-5-6-10-29(22)45(40,41)42;1-4(2)3/h5-6,8,10-12,16-18,20,30H,7,9,13-15,19H2,1-4H3,(H,37,38,39)(H,40,41,42);/p+1. The third-order valence-electron chi connectivity index (χ3n) is 8.61. The summed E-state index contributed by atoms with van der Waals surface area (Å²) >= 11 is 0. The molecule has 0 saturated carbocycles. The van der Waals surface area contributed by atoms with E-state index in [0.29, 0.717) is 17.8 Å². The molecule has 0 fully saturated rings. The zero-order valence-corrected chi connectivity index (χ0v) is 29.7. The van der Waals surface area contributed by atoms with Gasteiger partial charge < -0.3 is 14.5 Å². The Kier molecular flexibility index (Phi) is 11.3. The predicted molar refractivity (Wildman–Crippen MR) is 181 cm³/mol. The largest absolute Gasteiger partial charge is 0.425 e. The van der Waals surface area contributed by atoms with Crippen molar-refractivity contribution in [1.29, 1.82) is 0 Å². The van der Waals surface area contributed by atoms with Crippen molar-refractivity contribution in [3.63, 3.8) is 0 Å². The number of aryl methyl sites for hydroxylation is 1. The second-order valence-corrected chi connectivity index (χ2v) is 15.8. The van der Waals surface area contributed by atoms with E-state index in [2.05, 4.69) is 41.9 Å². The van der Waals surface area contributed by atoms with E-state index in [0.717, 1.165) is 52.0 Å². The Balaban J connectivity index is 0.00000128. The van der Waals surface area contributed by atoms with Crippen LogP contribution in [0.4, 0.5) is 11.4 Å². The highest BCUT2D eigenvalue weighted by atomic mass is 32.2. The number of rotatable bonds is 10. The van der Waals surface area contributed by atoms with Gasteiger partial charge in [-0.2, -0.15) is 16.8 Å². The normalized spacial score (nSPS) is 16.3. The minimum atomic E-state index is -4.41. The van der Waals surface area contributed by atoms with Crippen LogP contribution in [-0.4, -0.2) is 83.4 Å². The molecule has 3 aromatic rings. The first-order chi connectivity index (χ1) is 22.8. The van der Waals surface area contributed by atoms with Gasteiger partial charge in [0.15, 0.2) is 0 Å². The first-order valence-electron chi connectivity index (χ1n) is 15.1. The van der Waals surface area contributed by atoms with Gasteiger partial charge in [0.05, 0.1) is 28.2 Å². The first kappa shape index (κ1) is 37.7. The van der Waals surface area contributed by atoms with E-state index in [1.54, 1.807) is 18.2 Å². The lowest BCUT2D eigenvalue weighted by atomic mass is 9.67. The Morgan fingerprint density at radius 3 is 2.27 bits per heavy atom. The number of fused-ring (bicyclic) bond motifs is 3. The summed E-state index contributed by atoms with van der Waals surface area (Å²) in [5.74, 6) is -0.596. The molecular weight excluding hydrogens is 699 g/mol. The highest BCUT2D eigenvalue weighted by molar-refractivity contribution is 7.86. The summed E-state index contributed by atoms with van der Waals surface area (Å²) in [5.41, 5.74) is 7.37. The number of hydrogen-bond acceptors (Lipinski definition) is 11. The van der Waals surface area contributed by atoms with Gasteiger partial charge in [0.25, 0.3) is 32.9 Å². The van der Waals surface area contributed by atoms with Crippen molar-refractivity contribution in [2.45, 2.75) is 56.2 Å². The molecule has 0 aromatic heterocycles. The second-order valence-electron chi connectivity index (χ2n) is 12.4. The van der Waals surface area contributed by atoms with E-state index in [4.69, 9.17) is 17.4 Å². The summed E-state index contributed by atoms with van der Waals surface area (Å²) in [6.45, 7) is 5.48. The van der Waals surface area contributed by atoms with Crippen LogP contribution in [0.1, 0.15) is 60.1 Å². The van der Waals surface area contributed by atoms with Crippen LogP contribution in [0.25, 0.3) is 0 Å². The quantitative estimate of drug-likeness (QED) is 0.153. The molecule has 17 heteroatoms. The maximum atomic E-state index is 12.1. The Morgan fingerprint density at radius 1 is 1.00 bits per heavy atom. The van der Waals surface area contributed by atoms with Gasteiger partial charge in [-0.25, -0.2) is 4.99 Å². The Hall–Kier alpha value is -4.16. The van der Waals surface area contributed by atoms with E-state index >= 15 is 0 Å². The molecule has 5 rings (SSSR count). The molecule has 3 aromatic carbocycles. The van der Waals surface area contributed by atoms with Gasteiger partial charge in [-0.05, 0) is 71.5 Å². The van der Waals surface area contributed by atoms with Gasteiger partial charge in [-0.1, -0.05) is 32.0 Å². The Labute approximate surface area is 287 Å². The molecule has 1 atom stereocenters. The van der Waals surface area contributed by atoms with Gasteiger partial charge >= 0.3 is 10.6 Å². The maximum absolute atomic E-state index is 12.1. The van der Waals surface area contributed by atoms with Crippen molar-refractivity contribution < 1.29 is 53.1 Å². The molecule has 0 radical (unpaired) electrons. The van der Waals surface area contributed by atoms with Crippen LogP contribution in [-0.2, 0) is 58.8 Å². The summed E-state index contributed by atoms with van der Waals surface area (Å²) in [4.78, 5) is 18.7. The first-order valence-corrected chi connectivity index (χ1v) is 19.1. The maximum Gasteiger partial charge on any atom is 0.425 e. The number of carbonyl (C=O) groups is 1. The molecule has 3 N–H and O–H groups in total. The van der Waals surface area contributed by atoms with Crippen molar-refractivity contribution >= 4 is 54.4 Å². The lowest BCUT2D eigenvalue weighted by Gasteiger charge is -2.38. The number of carbonyl (C=O) groups excluding carboxylic acids is 1. The van der Waals surface area contributed by atoms with Crippen LogP contribution in [0.3, 0.4) is 0 Å². The van der Waals surface area contributed by atoms with Crippen LogP contribution >= 0.6 is 0 Å². The van der Waals surface area contributed by atoms with Crippen molar-refractivity contribution in [2.24, 2.45) is 0 Å². The molecule has 49 heavy (non-hydrogen) atoms. The van der Waals surface area contributed by atoms with Gasteiger partial charge in [-0.3, -0.25) is 13.9 Å². The molecule has 0 saturated heterocycles. The summed E-state index contributed by atoms with van der Waals surface area (Å²) in [5, 5.41) is 0. The second kappa shape index (κ2) is 14.8. The van der Waals surface area contributed by atoms with Crippen molar-refractivity contribution in [3.05, 3.63) is 88.0 Å². The lowest BCUT2D eigenvalue weighted by Crippen LogP contribution is -2.81. The third-order valence-corrected chi connectivity index (χ3v) is 10.3. The monoisotopic (exact) mass is 736 g/mol. The molecule has 0 bridgehead atoms. The molecule has 1 aliphatic carbocycles. The number of nitrogens with one attached hydrogen (secondary N) is 1. The van der Waals surface area contributed by atoms with E-state index < -0.39 is 48.2 Å². The Morgan fingerprint density at radius 2 is 1.65 bits per heavy atom. The molecule has 1 heterocycles. The zero-order chi connectivity index (χ0) is 36.3. The van der Waals surface area contributed by atoms with Gasteiger partial charge in [0.2, 0.25) is 5.71 Å². The van der Waals surface area contributed by atoms with Gasteiger partial charge in [-0.15, -0.1) is 12.6 Å². The van der Waals surface area contributed by atoms with Crippen LogP contribution < -0.4 is 14.8 Å². The zero-order valence-electron chi connectivity index (χ0n) is 27.3. The van der Waals surface area contributed by atoms with Crippen LogP contribution in [0.2, 0.25) is 0 Å². The summed E-state index contributed by atoms with van der Waals surface area (Å²) in [7, 11) is -7.91. The van der Waals surface area contributed by atoms with Crippen LogP contribution in [0.15, 0.2) is 59.5 Å². The third kappa shape index (κ3) is 8.90. The molecule has 0 amide bonds. The molecule has 2 aliphatic rings. The number of anilines is 2. The van der Waals surface area contributed by atoms with Gasteiger partial charge in [0, 0.05) is 44.0 Å². The average Bonchev–Trinajstić information content (AvgIpc) is 3.00. The Bertz CT molecular complexity index is 2110. The van der Waals surface area contributed by atoms with Crippen molar-refractivity contribution in [2.75, 3.05) is 36.2 Å². The molecule has 0 spiro atoms. The van der Waals surface area contributed by atoms with Gasteiger partial charge in [0.1, 0.15) is 0 Å². The van der Waals surface area contributed by atoms with E-state index in [1.165, 1.54) is 6.07 Å². The summed E-state index contributed by atoms with van der Waals surface area (Å²) < 4.78 is 97.1. The summed E-state index contributed by atoms with van der Waals surface area (Å²) in [6, 6.07) is 16.7. The van der Waals surface area contributed by atoms with Crippen LogP contribution in [0.5, 0.6) is 0 Å². The van der Waals surface area contributed by atoms with Crippen LogP contribution in [0, 0.1) is 0 Å². The van der Waals surface area contributed by atoms with E-state index in [9.17, 15) is 30.7 Å². The smallest absolute Gasteiger partial charge is 0.405 e. The fourth-order valence-corrected chi connectivity index (χ4v) is 7.56. The number of ether oxygens (including phenoxy) is 1. The average molecular weight is 737 g/mol. The number of nitrogens with zero attached hydrogens (tertiary/aromatic N) is 2. The molecule has 1 aliphatic heterocycles. The van der Waals surface area contributed by atoms with E-state index in [-0.39, 0.29) is 24.3 Å². The lowest BCUT2D eigenvalue weighted by molar-refractivity contribution is -0.551. The minimum absolute atomic E-state index is 0.119. The number of benzene rings is 3. The molecule has 1 unspecified atom stereocenters. The molecule has 264 valence electrons. The fraction of sp³-hybridized carbons (Fsp3) is 0.375. The summed E-state index contributed by atoms with van der Waals surface area (Å²) in [6.07, 6.45) is 0.395. The number of hydrogen-bond donors (Lipinski definition) is 3. The molecular formula is C32H38N3O11S3+. The minimum Gasteiger partial charge on any atom is -0.405 e. The van der Waals surface area contributed by atoms with Crippen molar-refractivity contribution in [1.82, 2.24) is 0 Å². The topological polar surface area (TPSA) is 207 Å². The van der Waals surface area contributed by atoms with Crippen molar-refractivity contribution in [3.8, 4) is 0 Å². The van der Waals surface area contributed by atoms with E-state index in [1.807, 2.05) is 31.1 Å². The highest BCUT2D eigenvalue weighted by Crippen LogP contribution is 2.45. The SMILES string of the molecule is CN(C)c1ccc2c(c1)C(C)(C)c1cc3c(cc1C2=[NH+]C(CCS(=O)(=O)O)OC=O)CCCN3Cc1ccccc1S(=O)(=O)O.O=S(=O)=O.